The molecule has 1 rings (SSSR count). The number of anilines is 1. The maximum Gasteiger partial charge on any atom is 0.225 e. The first-order valence-electron chi connectivity index (χ1n) is 3.01. The van der Waals surface area contributed by atoms with Crippen molar-refractivity contribution in [2.45, 2.75) is 4.90 Å². The van der Waals surface area contributed by atoms with E-state index in [9.17, 15) is 8.42 Å². The topological polar surface area (TPSA) is 85.9 Å². The molecule has 0 amide bonds. The normalized spacial score (nSPS) is 11.6. The highest BCUT2D eigenvalue weighted by Gasteiger charge is 2.19. The average molecular weight is 242 g/mol. The Morgan fingerprint density at radius 2 is 1.85 bits per heavy atom. The smallest absolute Gasteiger partial charge is 0.225 e. The van der Waals surface area contributed by atoms with Gasteiger partial charge in [0.2, 0.25) is 5.28 Å². The predicted molar refractivity (Wildman–Crippen MR) is 49.6 cm³/mol. The lowest BCUT2D eigenvalue weighted by molar-refractivity contribution is 0.601. The van der Waals surface area contributed by atoms with E-state index in [1.165, 1.54) is 0 Å². The Bertz CT molecular complexity index is 422. The van der Waals surface area contributed by atoms with Gasteiger partial charge < -0.3 is 5.73 Å². The molecule has 0 saturated heterocycles. The molecule has 5 nitrogen and oxygen atoms in total. The van der Waals surface area contributed by atoms with E-state index in [-0.39, 0.29) is 21.2 Å². The second kappa shape index (κ2) is 3.28. The van der Waals surface area contributed by atoms with Crippen molar-refractivity contribution in [1.29, 1.82) is 0 Å². The summed E-state index contributed by atoms with van der Waals surface area (Å²) in [6, 6.07) is 0. The molecule has 1 heterocycles. The van der Waals surface area contributed by atoms with E-state index in [0.29, 0.717) is 0 Å². The second-order valence-corrected chi connectivity index (χ2v) is 4.92. The number of halogens is 2. The van der Waals surface area contributed by atoms with Crippen LogP contribution in [0.15, 0.2) is 4.90 Å². The zero-order chi connectivity index (χ0) is 10.2. The number of rotatable bonds is 1. The highest BCUT2D eigenvalue weighted by molar-refractivity contribution is 7.91. The molecule has 0 unspecified atom stereocenters. The van der Waals surface area contributed by atoms with E-state index in [1.54, 1.807) is 0 Å². The Labute approximate surface area is 84.8 Å². The van der Waals surface area contributed by atoms with Crippen molar-refractivity contribution >= 4 is 38.9 Å². The Morgan fingerprint density at radius 3 is 2.23 bits per heavy atom. The molecule has 0 aliphatic carbocycles. The van der Waals surface area contributed by atoms with Gasteiger partial charge in [0.15, 0.2) is 15.0 Å². The Kier molecular flexibility index (Phi) is 2.65. The number of sulfone groups is 1. The lowest BCUT2D eigenvalue weighted by atomic mass is 10.6. The van der Waals surface area contributed by atoms with Gasteiger partial charge in [0.05, 0.1) is 0 Å². The molecule has 0 aliphatic rings. The molecule has 2 N–H and O–H groups in total. The predicted octanol–water partition coefficient (Wildman–Crippen LogP) is 0.769. The zero-order valence-corrected chi connectivity index (χ0v) is 8.78. The first-order valence-corrected chi connectivity index (χ1v) is 5.65. The van der Waals surface area contributed by atoms with Crippen molar-refractivity contribution in [2.24, 2.45) is 0 Å². The van der Waals surface area contributed by atoms with E-state index >= 15 is 0 Å². The summed E-state index contributed by atoms with van der Waals surface area (Å²) in [4.78, 5) is 6.64. The van der Waals surface area contributed by atoms with Crippen molar-refractivity contribution in [2.75, 3.05) is 12.0 Å². The van der Waals surface area contributed by atoms with Crippen molar-refractivity contribution in [3.8, 4) is 0 Å². The average Bonchev–Trinajstić information content (AvgIpc) is 1.78. The quantitative estimate of drug-likeness (QED) is 0.580. The van der Waals surface area contributed by atoms with Crippen molar-refractivity contribution in [3.05, 3.63) is 10.4 Å². The molecule has 0 aromatic carbocycles. The van der Waals surface area contributed by atoms with Crippen LogP contribution < -0.4 is 5.73 Å². The summed E-state index contributed by atoms with van der Waals surface area (Å²) < 4.78 is 22.2. The van der Waals surface area contributed by atoms with Crippen LogP contribution in [-0.2, 0) is 9.84 Å². The summed E-state index contributed by atoms with van der Waals surface area (Å²) in [7, 11) is -3.52. The molecule has 0 radical (unpaired) electrons. The molecule has 0 aliphatic heterocycles. The highest BCUT2D eigenvalue weighted by atomic mass is 35.5. The van der Waals surface area contributed by atoms with Crippen molar-refractivity contribution in [3.63, 3.8) is 0 Å². The van der Waals surface area contributed by atoms with Crippen LogP contribution in [0.4, 0.5) is 5.82 Å². The number of nitrogen functional groups attached to an aromatic ring is 1. The van der Waals surface area contributed by atoms with E-state index in [1.807, 2.05) is 0 Å². The van der Waals surface area contributed by atoms with Gasteiger partial charge in [0.1, 0.15) is 10.7 Å². The minimum absolute atomic E-state index is 0.185. The number of hydrogen-bond donors (Lipinski definition) is 1. The largest absolute Gasteiger partial charge is 0.382 e. The molecule has 1 aromatic rings. The minimum atomic E-state index is -3.52. The van der Waals surface area contributed by atoms with Crippen LogP contribution in [0.5, 0.6) is 0 Å². The van der Waals surface area contributed by atoms with Crippen LogP contribution in [0, 0.1) is 0 Å². The molecule has 72 valence electrons. The minimum Gasteiger partial charge on any atom is -0.382 e. The molecule has 8 heteroatoms. The number of nitrogens with two attached hydrogens (primary N) is 1. The maximum absolute atomic E-state index is 11.1. The molecule has 0 saturated carbocycles. The molecule has 1 aromatic heterocycles. The SMILES string of the molecule is CS(=O)(=O)c1c(N)nc(Cl)nc1Cl. The Balaban J connectivity index is 3.57. The van der Waals surface area contributed by atoms with Crippen molar-refractivity contribution < 1.29 is 8.42 Å². The number of hydrogen-bond acceptors (Lipinski definition) is 5. The van der Waals surface area contributed by atoms with Crippen LogP contribution in [0.1, 0.15) is 0 Å². The fourth-order valence-electron chi connectivity index (χ4n) is 0.756. The Morgan fingerprint density at radius 1 is 1.31 bits per heavy atom. The summed E-state index contributed by atoms with van der Waals surface area (Å²) >= 11 is 10.9. The summed E-state index contributed by atoms with van der Waals surface area (Å²) in [5.74, 6) is -0.243. The number of aromatic nitrogens is 2. The summed E-state index contributed by atoms with van der Waals surface area (Å²) in [6.07, 6.45) is 0.960. The first kappa shape index (κ1) is 10.5. The fraction of sp³-hybridized carbons (Fsp3) is 0.200. The van der Waals surface area contributed by atoms with E-state index in [0.717, 1.165) is 6.26 Å². The van der Waals surface area contributed by atoms with Gasteiger partial charge in [0.25, 0.3) is 0 Å². The van der Waals surface area contributed by atoms with Crippen molar-refractivity contribution in [1.82, 2.24) is 9.97 Å². The zero-order valence-electron chi connectivity index (χ0n) is 6.45. The molecule has 0 atom stereocenters. The maximum atomic E-state index is 11.1. The van der Waals surface area contributed by atoms with Crippen LogP contribution in [0.25, 0.3) is 0 Å². The fourth-order valence-corrected chi connectivity index (χ4v) is 2.35. The van der Waals surface area contributed by atoms with Gasteiger partial charge in [0, 0.05) is 6.26 Å². The summed E-state index contributed by atoms with van der Waals surface area (Å²) in [5.41, 5.74) is 5.31. The molecular weight excluding hydrogens is 237 g/mol. The van der Waals surface area contributed by atoms with Gasteiger partial charge in [-0.2, -0.15) is 4.98 Å². The van der Waals surface area contributed by atoms with Gasteiger partial charge in [-0.3, -0.25) is 0 Å². The third kappa shape index (κ3) is 2.20. The monoisotopic (exact) mass is 241 g/mol. The van der Waals surface area contributed by atoms with E-state index in [4.69, 9.17) is 28.9 Å². The van der Waals surface area contributed by atoms with Gasteiger partial charge >= 0.3 is 0 Å². The van der Waals surface area contributed by atoms with Crippen LogP contribution in [-0.4, -0.2) is 24.6 Å². The molecule has 0 bridgehead atoms. The standard InChI is InChI=1S/C5H5Cl2N3O2S/c1-13(11,12)2-3(6)9-5(7)10-4(2)8/h1H3,(H2,8,9,10). The second-order valence-electron chi connectivity index (χ2n) is 2.27. The first-order chi connectivity index (χ1) is 5.82. The van der Waals surface area contributed by atoms with E-state index in [2.05, 4.69) is 9.97 Å². The molecule has 0 fully saturated rings. The molecular formula is C5H5Cl2N3O2S. The van der Waals surface area contributed by atoms with Crippen LogP contribution in [0.3, 0.4) is 0 Å². The van der Waals surface area contributed by atoms with Gasteiger partial charge in [-0.25, -0.2) is 13.4 Å². The lowest BCUT2D eigenvalue weighted by Gasteiger charge is -2.03. The molecule has 13 heavy (non-hydrogen) atoms. The summed E-state index contributed by atoms with van der Waals surface area (Å²) in [5, 5.41) is -0.449. The third-order valence-corrected chi connectivity index (χ3v) is 2.89. The lowest BCUT2D eigenvalue weighted by Crippen LogP contribution is -2.07. The van der Waals surface area contributed by atoms with Gasteiger partial charge in [-0.1, -0.05) is 11.6 Å². The third-order valence-electron chi connectivity index (χ3n) is 1.19. The highest BCUT2D eigenvalue weighted by Crippen LogP contribution is 2.25. The van der Waals surface area contributed by atoms with Gasteiger partial charge in [-0.05, 0) is 11.6 Å². The van der Waals surface area contributed by atoms with Crippen LogP contribution in [0.2, 0.25) is 10.4 Å². The van der Waals surface area contributed by atoms with Gasteiger partial charge in [-0.15, -0.1) is 0 Å². The van der Waals surface area contributed by atoms with Crippen LogP contribution >= 0.6 is 23.2 Å². The number of nitrogens with zero attached hydrogens (tertiary/aromatic N) is 2. The molecule has 0 spiro atoms. The summed E-state index contributed by atoms with van der Waals surface area (Å²) in [6.45, 7) is 0. The van der Waals surface area contributed by atoms with E-state index < -0.39 is 9.84 Å². The Hall–Kier alpha value is -0.590.